The zero-order chi connectivity index (χ0) is 10.7. The van der Waals surface area contributed by atoms with E-state index in [9.17, 15) is 0 Å². The smallest absolute Gasteiger partial charge is 0.158 e. The minimum Gasteiger partial charge on any atom is -0.332 e. The molecule has 0 bridgehead atoms. The quantitative estimate of drug-likeness (QED) is 0.735. The van der Waals surface area contributed by atoms with Crippen LogP contribution in [-0.2, 0) is 13.5 Å². The van der Waals surface area contributed by atoms with Crippen molar-refractivity contribution in [2.45, 2.75) is 6.42 Å². The van der Waals surface area contributed by atoms with Crippen LogP contribution in [0.3, 0.4) is 0 Å². The van der Waals surface area contributed by atoms with E-state index in [1.54, 1.807) is 6.20 Å². The topological polar surface area (TPSA) is 54.5 Å². The molecule has 0 aromatic carbocycles. The number of rotatable bonds is 2. The Morgan fingerprint density at radius 2 is 2.33 bits per heavy atom. The molecule has 0 unspecified atom stereocenters. The molecule has 2 heterocycles. The Hall–Kier alpha value is -2.15. The summed E-state index contributed by atoms with van der Waals surface area (Å²) in [5, 5.41) is 8.58. The van der Waals surface area contributed by atoms with Crippen molar-refractivity contribution in [1.82, 2.24) is 14.5 Å². The molecule has 15 heavy (non-hydrogen) atoms. The van der Waals surface area contributed by atoms with Gasteiger partial charge >= 0.3 is 0 Å². The van der Waals surface area contributed by atoms with Crippen LogP contribution in [0.5, 0.6) is 0 Å². The molecule has 0 saturated heterocycles. The summed E-state index contributed by atoms with van der Waals surface area (Å²) >= 11 is 0. The standard InChI is InChI=1S/C11H10N4/c1-15-8-9(5-6-12)14-11(15)10-4-2-3-7-13-10/h2-4,7-8H,5H2,1H3. The third-order valence-corrected chi connectivity index (χ3v) is 2.08. The molecule has 0 saturated carbocycles. The van der Waals surface area contributed by atoms with E-state index >= 15 is 0 Å². The van der Waals surface area contributed by atoms with Gasteiger partial charge in [0.25, 0.3) is 0 Å². The maximum absolute atomic E-state index is 8.58. The molecule has 0 amide bonds. The Kier molecular flexibility index (Phi) is 2.46. The van der Waals surface area contributed by atoms with Crippen molar-refractivity contribution in [3.8, 4) is 17.6 Å². The van der Waals surface area contributed by atoms with Gasteiger partial charge in [-0.05, 0) is 12.1 Å². The highest BCUT2D eigenvalue weighted by Gasteiger charge is 2.07. The van der Waals surface area contributed by atoms with Gasteiger partial charge in [0.2, 0.25) is 0 Å². The summed E-state index contributed by atoms with van der Waals surface area (Å²) in [6, 6.07) is 7.76. The molecule has 74 valence electrons. The molecule has 2 aromatic heterocycles. The first-order valence-electron chi connectivity index (χ1n) is 4.62. The predicted molar refractivity (Wildman–Crippen MR) is 55.8 cm³/mol. The Balaban J connectivity index is 2.42. The maximum Gasteiger partial charge on any atom is 0.158 e. The van der Waals surface area contributed by atoms with E-state index in [-0.39, 0.29) is 0 Å². The van der Waals surface area contributed by atoms with E-state index < -0.39 is 0 Å². The monoisotopic (exact) mass is 198 g/mol. The first kappa shape index (κ1) is 9.41. The minimum absolute atomic E-state index is 0.334. The summed E-state index contributed by atoms with van der Waals surface area (Å²) in [6.07, 6.45) is 3.92. The van der Waals surface area contributed by atoms with Crippen molar-refractivity contribution >= 4 is 0 Å². The van der Waals surface area contributed by atoms with Gasteiger partial charge in [0.1, 0.15) is 5.69 Å². The molecule has 0 radical (unpaired) electrons. The second kappa shape index (κ2) is 3.93. The van der Waals surface area contributed by atoms with E-state index in [2.05, 4.69) is 16.0 Å². The highest BCUT2D eigenvalue weighted by Crippen LogP contribution is 2.14. The fraction of sp³-hybridized carbons (Fsp3) is 0.182. The highest BCUT2D eigenvalue weighted by atomic mass is 15.1. The van der Waals surface area contributed by atoms with E-state index in [1.165, 1.54) is 0 Å². The summed E-state index contributed by atoms with van der Waals surface area (Å²) in [7, 11) is 1.90. The van der Waals surface area contributed by atoms with Crippen LogP contribution in [0.25, 0.3) is 11.5 Å². The summed E-state index contributed by atoms with van der Waals surface area (Å²) in [5.74, 6) is 0.792. The van der Waals surface area contributed by atoms with Crippen LogP contribution in [0.15, 0.2) is 30.6 Å². The Morgan fingerprint density at radius 1 is 1.47 bits per heavy atom. The van der Waals surface area contributed by atoms with Gasteiger partial charge in [-0.1, -0.05) is 6.07 Å². The second-order valence-corrected chi connectivity index (χ2v) is 3.22. The molecule has 0 spiro atoms. The van der Waals surface area contributed by atoms with Crippen LogP contribution in [-0.4, -0.2) is 14.5 Å². The van der Waals surface area contributed by atoms with E-state index in [4.69, 9.17) is 5.26 Å². The molecule has 0 aliphatic rings. The predicted octanol–water partition coefficient (Wildman–Crippen LogP) is 1.55. The van der Waals surface area contributed by atoms with Crippen LogP contribution in [0.1, 0.15) is 5.69 Å². The zero-order valence-electron chi connectivity index (χ0n) is 8.38. The summed E-state index contributed by atoms with van der Waals surface area (Å²) < 4.78 is 1.88. The van der Waals surface area contributed by atoms with Crippen molar-refractivity contribution in [1.29, 1.82) is 5.26 Å². The number of nitrogens with zero attached hydrogens (tertiary/aromatic N) is 4. The van der Waals surface area contributed by atoms with Crippen LogP contribution in [0, 0.1) is 11.3 Å². The number of hydrogen-bond donors (Lipinski definition) is 0. The van der Waals surface area contributed by atoms with Crippen molar-refractivity contribution < 1.29 is 0 Å². The Labute approximate surface area is 87.8 Å². The minimum atomic E-state index is 0.334. The third kappa shape index (κ3) is 1.86. The number of nitriles is 1. The molecule has 0 atom stereocenters. The highest BCUT2D eigenvalue weighted by molar-refractivity contribution is 5.49. The maximum atomic E-state index is 8.58. The van der Waals surface area contributed by atoms with Gasteiger partial charge in [0, 0.05) is 19.4 Å². The van der Waals surface area contributed by atoms with Gasteiger partial charge in [0.15, 0.2) is 5.82 Å². The lowest BCUT2D eigenvalue weighted by Gasteiger charge is -1.98. The summed E-state index contributed by atoms with van der Waals surface area (Å²) in [6.45, 7) is 0. The first-order valence-corrected chi connectivity index (χ1v) is 4.62. The number of aromatic nitrogens is 3. The lowest BCUT2D eigenvalue weighted by atomic mass is 10.3. The molecule has 2 rings (SSSR count). The number of imidazole rings is 1. The van der Waals surface area contributed by atoms with Gasteiger partial charge in [-0.25, -0.2) is 4.98 Å². The SMILES string of the molecule is Cn1cc(CC#N)nc1-c1ccccn1. The molecular formula is C11H10N4. The molecule has 0 N–H and O–H groups in total. The van der Waals surface area contributed by atoms with Gasteiger partial charge in [0.05, 0.1) is 18.2 Å². The van der Waals surface area contributed by atoms with Crippen molar-refractivity contribution in [3.05, 3.63) is 36.3 Å². The van der Waals surface area contributed by atoms with Crippen molar-refractivity contribution in [3.63, 3.8) is 0 Å². The fourth-order valence-corrected chi connectivity index (χ4v) is 1.43. The van der Waals surface area contributed by atoms with E-state index in [0.717, 1.165) is 17.2 Å². The summed E-state index contributed by atoms with van der Waals surface area (Å²) in [5.41, 5.74) is 1.60. The van der Waals surface area contributed by atoms with Crippen molar-refractivity contribution in [2.75, 3.05) is 0 Å². The average Bonchev–Trinajstić information content (AvgIpc) is 2.61. The molecule has 4 nitrogen and oxygen atoms in total. The van der Waals surface area contributed by atoms with Gasteiger partial charge in [-0.2, -0.15) is 5.26 Å². The first-order chi connectivity index (χ1) is 7.31. The Morgan fingerprint density at radius 3 is 3.00 bits per heavy atom. The number of hydrogen-bond acceptors (Lipinski definition) is 3. The van der Waals surface area contributed by atoms with Gasteiger partial charge in [-0.15, -0.1) is 0 Å². The Bertz CT molecular complexity index is 493. The molecule has 0 fully saturated rings. The van der Waals surface area contributed by atoms with Crippen molar-refractivity contribution in [2.24, 2.45) is 7.05 Å². The van der Waals surface area contributed by atoms with Crippen LogP contribution < -0.4 is 0 Å². The largest absolute Gasteiger partial charge is 0.332 e. The average molecular weight is 198 g/mol. The summed E-state index contributed by atoms with van der Waals surface area (Å²) in [4.78, 5) is 8.56. The molecule has 0 aliphatic heterocycles. The number of aryl methyl sites for hydroxylation is 1. The molecule has 4 heteroatoms. The molecular weight excluding hydrogens is 188 g/mol. The third-order valence-electron chi connectivity index (χ3n) is 2.08. The van der Waals surface area contributed by atoms with Gasteiger partial charge < -0.3 is 4.57 Å². The lowest BCUT2D eigenvalue weighted by Crippen LogP contribution is -1.92. The van der Waals surface area contributed by atoms with Crippen LogP contribution in [0.2, 0.25) is 0 Å². The van der Waals surface area contributed by atoms with Gasteiger partial charge in [-0.3, -0.25) is 4.98 Å². The van der Waals surface area contributed by atoms with Crippen LogP contribution in [0.4, 0.5) is 0 Å². The lowest BCUT2D eigenvalue weighted by molar-refractivity contribution is 0.916. The van der Waals surface area contributed by atoms with E-state index in [1.807, 2.05) is 36.0 Å². The normalized spacial score (nSPS) is 9.87. The molecule has 0 aliphatic carbocycles. The molecule has 2 aromatic rings. The second-order valence-electron chi connectivity index (χ2n) is 3.22. The zero-order valence-corrected chi connectivity index (χ0v) is 8.38. The number of pyridine rings is 1. The van der Waals surface area contributed by atoms with Crippen LogP contribution >= 0.6 is 0 Å². The van der Waals surface area contributed by atoms with E-state index in [0.29, 0.717) is 6.42 Å². The fourth-order valence-electron chi connectivity index (χ4n) is 1.43.